The van der Waals surface area contributed by atoms with E-state index in [9.17, 15) is 14.0 Å². The lowest BCUT2D eigenvalue weighted by atomic mass is 10.3. The minimum absolute atomic E-state index is 0.0637. The standard InChI is InChI=1S/C7H7FN2O2S/c8-6-4(1-2-13-6)7(12)10-3-5(9)11/h1-2H,3H2,(H2,9,11)(H,10,12). The van der Waals surface area contributed by atoms with Crippen molar-refractivity contribution in [2.75, 3.05) is 6.54 Å². The zero-order valence-corrected chi connectivity index (χ0v) is 7.36. The van der Waals surface area contributed by atoms with E-state index in [2.05, 4.69) is 5.32 Å². The molecule has 0 saturated heterocycles. The van der Waals surface area contributed by atoms with Crippen LogP contribution in [0.4, 0.5) is 4.39 Å². The molecule has 6 heteroatoms. The SMILES string of the molecule is NC(=O)CNC(=O)c1ccsc1F. The highest BCUT2D eigenvalue weighted by atomic mass is 32.1. The molecule has 0 aliphatic rings. The number of primary amides is 1. The molecule has 1 aromatic heterocycles. The lowest BCUT2D eigenvalue weighted by Gasteiger charge is -1.99. The van der Waals surface area contributed by atoms with Crippen LogP contribution in [0.1, 0.15) is 10.4 Å². The van der Waals surface area contributed by atoms with Gasteiger partial charge in [0.2, 0.25) is 5.91 Å². The number of rotatable bonds is 3. The smallest absolute Gasteiger partial charge is 0.255 e. The molecule has 0 spiro atoms. The number of nitrogens with one attached hydrogen (secondary N) is 1. The fraction of sp³-hybridized carbons (Fsp3) is 0.143. The first-order valence-corrected chi connectivity index (χ1v) is 4.28. The molecule has 0 unspecified atom stereocenters. The molecule has 1 aromatic rings. The van der Waals surface area contributed by atoms with Gasteiger partial charge in [0.15, 0.2) is 5.13 Å². The molecule has 0 aromatic carbocycles. The average Bonchev–Trinajstić information content (AvgIpc) is 2.47. The van der Waals surface area contributed by atoms with Crippen molar-refractivity contribution in [1.82, 2.24) is 5.32 Å². The Kier molecular flexibility index (Phi) is 2.97. The first-order chi connectivity index (χ1) is 6.11. The summed E-state index contributed by atoms with van der Waals surface area (Å²) < 4.78 is 12.8. The molecule has 0 fully saturated rings. The van der Waals surface area contributed by atoms with E-state index in [1.807, 2.05) is 0 Å². The van der Waals surface area contributed by atoms with Gasteiger partial charge < -0.3 is 11.1 Å². The number of amides is 2. The number of hydrogen-bond acceptors (Lipinski definition) is 3. The van der Waals surface area contributed by atoms with E-state index in [0.717, 1.165) is 11.3 Å². The highest BCUT2D eigenvalue weighted by Gasteiger charge is 2.12. The van der Waals surface area contributed by atoms with Crippen LogP contribution in [0.2, 0.25) is 0 Å². The van der Waals surface area contributed by atoms with Gasteiger partial charge in [-0.05, 0) is 11.4 Å². The summed E-state index contributed by atoms with van der Waals surface area (Å²) in [5.74, 6) is -1.29. The number of halogens is 1. The summed E-state index contributed by atoms with van der Waals surface area (Å²) in [7, 11) is 0. The summed E-state index contributed by atoms with van der Waals surface area (Å²) in [4.78, 5) is 21.4. The number of carbonyl (C=O) groups excluding carboxylic acids is 2. The fourth-order valence-corrected chi connectivity index (χ4v) is 1.33. The number of carbonyl (C=O) groups is 2. The molecule has 0 saturated carbocycles. The van der Waals surface area contributed by atoms with Crippen LogP contribution in [-0.2, 0) is 4.79 Å². The van der Waals surface area contributed by atoms with E-state index >= 15 is 0 Å². The van der Waals surface area contributed by atoms with Crippen LogP contribution in [0, 0.1) is 5.13 Å². The van der Waals surface area contributed by atoms with E-state index in [1.54, 1.807) is 0 Å². The maximum Gasteiger partial charge on any atom is 0.255 e. The Balaban J connectivity index is 2.59. The Morgan fingerprint density at radius 1 is 1.62 bits per heavy atom. The van der Waals surface area contributed by atoms with Gasteiger partial charge in [0.05, 0.1) is 12.1 Å². The van der Waals surface area contributed by atoms with Crippen molar-refractivity contribution in [1.29, 1.82) is 0 Å². The summed E-state index contributed by atoms with van der Waals surface area (Å²) in [5, 5.41) is 3.06. The summed E-state index contributed by atoms with van der Waals surface area (Å²) in [6, 6.07) is 1.34. The van der Waals surface area contributed by atoms with Gasteiger partial charge in [-0.25, -0.2) is 0 Å². The van der Waals surface area contributed by atoms with E-state index in [1.165, 1.54) is 11.4 Å². The molecule has 0 aliphatic carbocycles. The Labute approximate surface area is 77.5 Å². The molecule has 1 rings (SSSR count). The van der Waals surface area contributed by atoms with Gasteiger partial charge in [0, 0.05) is 0 Å². The second kappa shape index (κ2) is 3.99. The second-order valence-electron chi connectivity index (χ2n) is 2.26. The zero-order chi connectivity index (χ0) is 9.84. The molecule has 0 radical (unpaired) electrons. The van der Waals surface area contributed by atoms with Crippen molar-refractivity contribution in [2.45, 2.75) is 0 Å². The lowest BCUT2D eigenvalue weighted by Crippen LogP contribution is -2.33. The average molecular weight is 202 g/mol. The van der Waals surface area contributed by atoms with Gasteiger partial charge >= 0.3 is 0 Å². The minimum Gasteiger partial charge on any atom is -0.368 e. The highest BCUT2D eigenvalue weighted by Crippen LogP contribution is 2.13. The quantitative estimate of drug-likeness (QED) is 0.729. The molecule has 0 aliphatic heterocycles. The molecule has 1 heterocycles. The lowest BCUT2D eigenvalue weighted by molar-refractivity contribution is -0.117. The van der Waals surface area contributed by atoms with Gasteiger partial charge in [-0.15, -0.1) is 11.3 Å². The van der Waals surface area contributed by atoms with Crippen molar-refractivity contribution >= 4 is 23.2 Å². The normalized spacial score (nSPS) is 9.62. The van der Waals surface area contributed by atoms with E-state index in [-0.39, 0.29) is 12.1 Å². The summed E-state index contributed by atoms with van der Waals surface area (Å²) in [6.45, 7) is -0.284. The summed E-state index contributed by atoms with van der Waals surface area (Å²) in [6.07, 6.45) is 0. The number of nitrogens with two attached hydrogens (primary N) is 1. The van der Waals surface area contributed by atoms with Gasteiger partial charge in [-0.3, -0.25) is 9.59 Å². The van der Waals surface area contributed by atoms with Crippen molar-refractivity contribution < 1.29 is 14.0 Å². The summed E-state index contributed by atoms with van der Waals surface area (Å²) in [5.41, 5.74) is 4.72. The Morgan fingerprint density at radius 2 is 2.31 bits per heavy atom. The molecule has 13 heavy (non-hydrogen) atoms. The molecule has 0 bridgehead atoms. The fourth-order valence-electron chi connectivity index (χ4n) is 0.718. The minimum atomic E-state index is -0.663. The van der Waals surface area contributed by atoms with Gasteiger partial charge in [-0.2, -0.15) is 4.39 Å². The van der Waals surface area contributed by atoms with Crippen LogP contribution >= 0.6 is 11.3 Å². The monoisotopic (exact) mass is 202 g/mol. The molecule has 4 nitrogen and oxygen atoms in total. The third-order valence-electron chi connectivity index (χ3n) is 1.29. The van der Waals surface area contributed by atoms with Gasteiger partial charge in [0.25, 0.3) is 5.91 Å². The van der Waals surface area contributed by atoms with Gasteiger partial charge in [0.1, 0.15) is 0 Å². The number of thiophene rings is 1. The van der Waals surface area contributed by atoms with E-state index < -0.39 is 16.9 Å². The second-order valence-corrected chi connectivity index (χ2v) is 3.12. The highest BCUT2D eigenvalue weighted by molar-refractivity contribution is 7.08. The van der Waals surface area contributed by atoms with Crippen LogP contribution in [0.15, 0.2) is 11.4 Å². The maximum absolute atomic E-state index is 12.8. The van der Waals surface area contributed by atoms with Crippen LogP contribution < -0.4 is 11.1 Å². The largest absolute Gasteiger partial charge is 0.368 e. The van der Waals surface area contributed by atoms with E-state index in [0.29, 0.717) is 0 Å². The third kappa shape index (κ3) is 2.51. The van der Waals surface area contributed by atoms with Crippen molar-refractivity contribution in [3.05, 3.63) is 22.1 Å². The molecule has 3 N–H and O–H groups in total. The third-order valence-corrected chi connectivity index (χ3v) is 1.98. The van der Waals surface area contributed by atoms with Crippen LogP contribution in [0.3, 0.4) is 0 Å². The molecule has 2 amide bonds. The predicted octanol–water partition coefficient (Wildman–Crippen LogP) is 0.102. The maximum atomic E-state index is 12.8. The van der Waals surface area contributed by atoms with Crippen molar-refractivity contribution in [2.24, 2.45) is 5.73 Å². The first-order valence-electron chi connectivity index (χ1n) is 3.40. The topological polar surface area (TPSA) is 72.2 Å². The number of hydrogen-bond donors (Lipinski definition) is 2. The van der Waals surface area contributed by atoms with Crippen molar-refractivity contribution in [3.63, 3.8) is 0 Å². The summed E-state index contributed by atoms with van der Waals surface area (Å²) >= 11 is 0.823. The first kappa shape index (κ1) is 9.66. The Morgan fingerprint density at radius 3 is 2.77 bits per heavy atom. The van der Waals surface area contributed by atoms with Crippen LogP contribution in [0.5, 0.6) is 0 Å². The van der Waals surface area contributed by atoms with E-state index in [4.69, 9.17) is 5.73 Å². The van der Waals surface area contributed by atoms with Crippen LogP contribution in [-0.4, -0.2) is 18.4 Å². The molecule has 0 atom stereocenters. The Hall–Kier alpha value is -1.43. The van der Waals surface area contributed by atoms with Gasteiger partial charge in [-0.1, -0.05) is 0 Å². The predicted molar refractivity (Wildman–Crippen MR) is 45.8 cm³/mol. The van der Waals surface area contributed by atoms with Crippen LogP contribution in [0.25, 0.3) is 0 Å². The molecule has 70 valence electrons. The Bertz CT molecular complexity index is 337. The zero-order valence-electron chi connectivity index (χ0n) is 6.54. The van der Waals surface area contributed by atoms with Crippen molar-refractivity contribution in [3.8, 4) is 0 Å². The molecular weight excluding hydrogens is 195 g/mol. The molecular formula is C7H7FN2O2S.